The van der Waals surface area contributed by atoms with Crippen LogP contribution in [0.2, 0.25) is 5.02 Å². The molecule has 3 heterocycles. The van der Waals surface area contributed by atoms with Crippen molar-refractivity contribution in [2.24, 2.45) is 0 Å². The number of carbonyl (C=O) groups excluding carboxylic acids is 1. The summed E-state index contributed by atoms with van der Waals surface area (Å²) in [4.78, 5) is 30.1. The molecule has 2 unspecified atom stereocenters. The van der Waals surface area contributed by atoms with Gasteiger partial charge in [0.1, 0.15) is 17.9 Å². The summed E-state index contributed by atoms with van der Waals surface area (Å²) in [7, 11) is 3.24. The van der Waals surface area contributed by atoms with Crippen LogP contribution in [0.5, 0.6) is 0 Å². The lowest BCUT2D eigenvalue weighted by atomic mass is 10.1. The molecule has 0 radical (unpaired) electrons. The van der Waals surface area contributed by atoms with E-state index in [1.165, 1.54) is 0 Å². The van der Waals surface area contributed by atoms with Crippen molar-refractivity contribution < 1.29 is 14.3 Å². The maximum atomic E-state index is 12.9. The van der Waals surface area contributed by atoms with E-state index in [9.17, 15) is 9.59 Å². The number of aromatic amines is 1. The lowest BCUT2D eigenvalue weighted by molar-refractivity contribution is -0.00461. The van der Waals surface area contributed by atoms with Gasteiger partial charge in [-0.1, -0.05) is 16.8 Å². The second-order valence-corrected chi connectivity index (χ2v) is 8.53. The van der Waals surface area contributed by atoms with Gasteiger partial charge >= 0.3 is 0 Å². The Labute approximate surface area is 199 Å². The Morgan fingerprint density at radius 1 is 1.06 bits per heavy atom. The van der Waals surface area contributed by atoms with Gasteiger partial charge in [-0.3, -0.25) is 9.59 Å². The number of H-pyrrole nitrogens is 1. The summed E-state index contributed by atoms with van der Waals surface area (Å²) in [5, 5.41) is 9.70. The van der Waals surface area contributed by atoms with Crippen LogP contribution in [0.25, 0.3) is 27.8 Å². The molecule has 0 spiro atoms. The summed E-state index contributed by atoms with van der Waals surface area (Å²) >= 11 is 6.08. The van der Waals surface area contributed by atoms with Crippen molar-refractivity contribution in [3.63, 3.8) is 0 Å². The number of likely N-dealkylation sites (tertiary alicyclic amines) is 1. The standard InChI is InChI=1S/C24H22ClN5O4/c1-33-21-12-29(13-22(21)34-2)24(32)14-3-6-17(7-4-14)30-11-20(27-28-30)18-10-15-9-16(25)5-8-19(15)26-23(18)31/h3-11,21-22H,12-13H2,1-2H3,(H,26,31). The maximum absolute atomic E-state index is 12.9. The number of pyridine rings is 1. The molecule has 2 aromatic heterocycles. The van der Waals surface area contributed by atoms with Gasteiger partial charge in [0.2, 0.25) is 0 Å². The number of carbonyl (C=O) groups is 1. The minimum atomic E-state index is -0.267. The molecule has 9 nitrogen and oxygen atoms in total. The zero-order chi connectivity index (χ0) is 23.8. The first-order valence-corrected chi connectivity index (χ1v) is 11.0. The first-order chi connectivity index (χ1) is 16.5. The average molecular weight is 480 g/mol. The van der Waals surface area contributed by atoms with Crippen LogP contribution in [-0.4, -0.2) is 70.3 Å². The minimum Gasteiger partial charge on any atom is -0.377 e. The Morgan fingerprint density at radius 2 is 1.76 bits per heavy atom. The predicted octanol–water partition coefficient (Wildman–Crippen LogP) is 2.92. The number of hydrogen-bond acceptors (Lipinski definition) is 6. The van der Waals surface area contributed by atoms with Crippen LogP contribution in [0.3, 0.4) is 0 Å². The van der Waals surface area contributed by atoms with Crippen LogP contribution >= 0.6 is 11.6 Å². The third-order valence-electron chi connectivity index (χ3n) is 6.06. The second kappa shape index (κ2) is 9.02. The first-order valence-electron chi connectivity index (χ1n) is 10.7. The molecular formula is C24H22ClN5O4. The van der Waals surface area contributed by atoms with E-state index in [0.717, 1.165) is 5.39 Å². The van der Waals surface area contributed by atoms with Crippen molar-refractivity contribution in [3.05, 3.63) is 75.7 Å². The van der Waals surface area contributed by atoms with E-state index in [1.54, 1.807) is 78.5 Å². The molecule has 1 amide bonds. The molecule has 2 aromatic carbocycles. The molecule has 0 aliphatic carbocycles. The zero-order valence-electron chi connectivity index (χ0n) is 18.6. The van der Waals surface area contributed by atoms with E-state index < -0.39 is 0 Å². The summed E-state index contributed by atoms with van der Waals surface area (Å²) in [5.74, 6) is -0.0891. The van der Waals surface area contributed by atoms with Crippen LogP contribution in [0.1, 0.15) is 10.4 Å². The Morgan fingerprint density at radius 3 is 2.44 bits per heavy atom. The summed E-state index contributed by atoms with van der Waals surface area (Å²) < 4.78 is 12.4. The monoisotopic (exact) mass is 479 g/mol. The molecule has 1 fully saturated rings. The van der Waals surface area contributed by atoms with Gasteiger partial charge in [0, 0.05) is 48.8 Å². The van der Waals surface area contributed by atoms with Gasteiger partial charge in [-0.2, -0.15) is 0 Å². The van der Waals surface area contributed by atoms with E-state index in [-0.39, 0.29) is 23.7 Å². The highest BCUT2D eigenvalue weighted by Crippen LogP contribution is 2.22. The molecule has 0 saturated carbocycles. The highest BCUT2D eigenvalue weighted by molar-refractivity contribution is 6.31. The molecule has 5 rings (SSSR count). The molecule has 4 aromatic rings. The molecule has 10 heteroatoms. The van der Waals surface area contributed by atoms with Gasteiger partial charge in [-0.25, -0.2) is 4.68 Å². The zero-order valence-corrected chi connectivity index (χ0v) is 19.3. The third kappa shape index (κ3) is 4.09. The number of nitrogens with one attached hydrogen (secondary N) is 1. The van der Waals surface area contributed by atoms with E-state index in [4.69, 9.17) is 21.1 Å². The van der Waals surface area contributed by atoms with Crippen LogP contribution in [0.15, 0.2) is 59.5 Å². The lowest BCUT2D eigenvalue weighted by Gasteiger charge is -2.16. The average Bonchev–Trinajstić information content (AvgIpc) is 3.51. The summed E-state index contributed by atoms with van der Waals surface area (Å²) in [6.45, 7) is 0.959. The quantitative estimate of drug-likeness (QED) is 0.472. The molecule has 1 saturated heterocycles. The predicted molar refractivity (Wildman–Crippen MR) is 127 cm³/mol. The normalized spacial score (nSPS) is 18.0. The van der Waals surface area contributed by atoms with Gasteiger partial charge in [0.25, 0.3) is 11.5 Å². The van der Waals surface area contributed by atoms with Crippen molar-refractivity contribution in [2.75, 3.05) is 27.3 Å². The van der Waals surface area contributed by atoms with Crippen LogP contribution < -0.4 is 5.56 Å². The van der Waals surface area contributed by atoms with Crippen molar-refractivity contribution in [2.45, 2.75) is 12.2 Å². The van der Waals surface area contributed by atoms with E-state index >= 15 is 0 Å². The molecule has 1 N–H and O–H groups in total. The maximum Gasteiger partial charge on any atom is 0.258 e. The van der Waals surface area contributed by atoms with Crippen LogP contribution in [0.4, 0.5) is 0 Å². The Balaban J connectivity index is 1.37. The topological polar surface area (TPSA) is 102 Å². The van der Waals surface area contributed by atoms with E-state index in [2.05, 4.69) is 15.3 Å². The largest absolute Gasteiger partial charge is 0.377 e. The van der Waals surface area contributed by atoms with Crippen molar-refractivity contribution >= 4 is 28.4 Å². The lowest BCUT2D eigenvalue weighted by Crippen LogP contribution is -2.30. The third-order valence-corrected chi connectivity index (χ3v) is 6.30. The summed E-state index contributed by atoms with van der Waals surface area (Å²) in [6.07, 6.45) is 1.39. The van der Waals surface area contributed by atoms with E-state index in [1.807, 2.05) is 0 Å². The number of fused-ring (bicyclic) bond motifs is 1. The Kier molecular flexibility index (Phi) is 5.91. The highest BCUT2D eigenvalue weighted by atomic mass is 35.5. The highest BCUT2D eigenvalue weighted by Gasteiger charge is 2.35. The van der Waals surface area contributed by atoms with E-state index in [0.29, 0.717) is 46.1 Å². The van der Waals surface area contributed by atoms with Gasteiger partial charge < -0.3 is 19.4 Å². The molecule has 174 valence electrons. The smallest absolute Gasteiger partial charge is 0.258 e. The summed E-state index contributed by atoms with van der Waals surface area (Å²) in [6, 6.07) is 14.1. The minimum absolute atomic E-state index is 0.0891. The molecule has 2 atom stereocenters. The molecular weight excluding hydrogens is 458 g/mol. The number of aromatic nitrogens is 4. The van der Waals surface area contributed by atoms with Crippen molar-refractivity contribution in [1.82, 2.24) is 24.9 Å². The van der Waals surface area contributed by atoms with Crippen LogP contribution in [0, 0.1) is 0 Å². The van der Waals surface area contributed by atoms with Gasteiger partial charge in [0.05, 0.1) is 17.4 Å². The van der Waals surface area contributed by atoms with Crippen LogP contribution in [-0.2, 0) is 9.47 Å². The molecule has 34 heavy (non-hydrogen) atoms. The fourth-order valence-corrected chi connectivity index (χ4v) is 4.36. The molecule has 1 aliphatic rings. The second-order valence-electron chi connectivity index (χ2n) is 8.10. The number of methoxy groups -OCH3 is 2. The number of hydrogen-bond donors (Lipinski definition) is 1. The van der Waals surface area contributed by atoms with Crippen molar-refractivity contribution in [3.8, 4) is 16.9 Å². The Hall–Kier alpha value is -3.53. The molecule has 0 bridgehead atoms. The van der Waals surface area contributed by atoms with Crippen molar-refractivity contribution in [1.29, 1.82) is 0 Å². The SMILES string of the molecule is COC1CN(C(=O)c2ccc(-n3cc(-c4cc5cc(Cl)ccc5[nH]c4=O)nn3)cc2)CC1OC. The first kappa shape index (κ1) is 22.3. The summed E-state index contributed by atoms with van der Waals surface area (Å²) in [5.41, 5.74) is 2.51. The number of rotatable bonds is 5. The van der Waals surface area contributed by atoms with Gasteiger partial charge in [-0.05, 0) is 48.5 Å². The number of nitrogens with zero attached hydrogens (tertiary/aromatic N) is 4. The fourth-order valence-electron chi connectivity index (χ4n) is 4.18. The number of amides is 1. The van der Waals surface area contributed by atoms with Gasteiger partial charge in [0.15, 0.2) is 0 Å². The number of halogens is 1. The fraction of sp³-hybridized carbons (Fsp3) is 0.250. The number of benzene rings is 2. The van der Waals surface area contributed by atoms with Gasteiger partial charge in [-0.15, -0.1) is 5.10 Å². The number of ether oxygens (including phenoxy) is 2. The Bertz CT molecular complexity index is 1400. The molecule has 1 aliphatic heterocycles.